The molecule has 1 aromatic carbocycles. The van der Waals surface area contributed by atoms with E-state index in [9.17, 15) is 13.2 Å². The monoisotopic (exact) mass is 384 g/mol. The second-order valence-corrected chi connectivity index (χ2v) is 6.40. The molecule has 7 heteroatoms. The fraction of sp³-hybridized carbons (Fsp3) is 0.647. The first-order chi connectivity index (χ1) is 10.6. The molecule has 1 atom stereocenters. The third-order valence-corrected chi connectivity index (χ3v) is 4.95. The van der Waals surface area contributed by atoms with Crippen molar-refractivity contribution < 1.29 is 13.2 Å². The first-order valence-corrected chi connectivity index (χ1v) is 8.17. The molecule has 1 N–H and O–H groups in total. The number of benzene rings is 1. The number of hydrogen-bond acceptors (Lipinski definition) is 2. The standard InChI is InChI=1S/C17H23F3N2.2ClH/c18-17(19,20)15-7-3-6-14(12-15)16(13-4-1-2-5-13)22-10-8-21-9-11-22;;/h3,6-7,12-13,16,21H,1-2,4-5,8-11H2;2*1H/t16-;;/m1../s1. The Bertz CT molecular complexity index is 499. The molecule has 2 aliphatic rings. The molecule has 1 aliphatic carbocycles. The summed E-state index contributed by atoms with van der Waals surface area (Å²) < 4.78 is 39.1. The van der Waals surface area contributed by atoms with Crippen LogP contribution in [0, 0.1) is 5.92 Å². The molecule has 0 radical (unpaired) electrons. The summed E-state index contributed by atoms with van der Waals surface area (Å²) in [6.45, 7) is 3.67. The second-order valence-electron chi connectivity index (χ2n) is 6.40. The summed E-state index contributed by atoms with van der Waals surface area (Å²) in [5.41, 5.74) is 0.312. The van der Waals surface area contributed by atoms with Crippen LogP contribution < -0.4 is 5.32 Å². The molecular formula is C17H25Cl2F3N2. The minimum Gasteiger partial charge on any atom is -0.314 e. The lowest BCUT2D eigenvalue weighted by Gasteiger charge is -2.39. The van der Waals surface area contributed by atoms with Crippen LogP contribution in [0.15, 0.2) is 24.3 Å². The third-order valence-electron chi connectivity index (χ3n) is 4.95. The Morgan fingerprint density at radius 3 is 2.25 bits per heavy atom. The highest BCUT2D eigenvalue weighted by Crippen LogP contribution is 2.41. The van der Waals surface area contributed by atoms with E-state index in [1.54, 1.807) is 6.07 Å². The van der Waals surface area contributed by atoms with Crippen LogP contribution >= 0.6 is 24.8 Å². The molecule has 1 saturated heterocycles. The van der Waals surface area contributed by atoms with Gasteiger partial charge in [0.25, 0.3) is 0 Å². The van der Waals surface area contributed by atoms with Crippen molar-refractivity contribution in [2.45, 2.75) is 37.9 Å². The maximum absolute atomic E-state index is 13.0. The molecule has 138 valence electrons. The van der Waals surface area contributed by atoms with Crippen LogP contribution in [0.1, 0.15) is 42.9 Å². The normalized spacial score (nSPS) is 21.0. The number of alkyl halides is 3. The van der Waals surface area contributed by atoms with Crippen molar-refractivity contribution in [2.75, 3.05) is 26.2 Å². The van der Waals surface area contributed by atoms with Crippen LogP contribution in [0.25, 0.3) is 0 Å². The van der Waals surface area contributed by atoms with Gasteiger partial charge in [0.05, 0.1) is 5.56 Å². The van der Waals surface area contributed by atoms with Crippen LogP contribution in [0.5, 0.6) is 0 Å². The summed E-state index contributed by atoms with van der Waals surface area (Å²) in [7, 11) is 0. The predicted octanol–water partition coefficient (Wildman–Crippen LogP) is 4.69. The van der Waals surface area contributed by atoms with Crippen LogP contribution in [-0.4, -0.2) is 31.1 Å². The van der Waals surface area contributed by atoms with E-state index in [1.165, 1.54) is 25.0 Å². The zero-order valence-corrected chi connectivity index (χ0v) is 15.2. The molecule has 1 aromatic rings. The van der Waals surface area contributed by atoms with Crippen molar-refractivity contribution in [2.24, 2.45) is 5.92 Å². The summed E-state index contributed by atoms with van der Waals surface area (Å²) in [6, 6.07) is 6.10. The Balaban J connectivity index is 0.00000144. The second kappa shape index (κ2) is 9.27. The first-order valence-electron chi connectivity index (χ1n) is 8.17. The SMILES string of the molecule is Cl.Cl.FC(F)(F)c1cccc([C@@H](C2CCCC2)N2CCNCC2)c1. The van der Waals surface area contributed by atoms with E-state index in [-0.39, 0.29) is 30.9 Å². The number of nitrogens with one attached hydrogen (secondary N) is 1. The number of hydrogen-bond donors (Lipinski definition) is 1. The van der Waals surface area contributed by atoms with Gasteiger partial charge in [-0.25, -0.2) is 0 Å². The lowest BCUT2D eigenvalue weighted by atomic mass is 9.89. The highest BCUT2D eigenvalue weighted by atomic mass is 35.5. The van der Waals surface area contributed by atoms with Gasteiger partial charge in [-0.05, 0) is 36.5 Å². The van der Waals surface area contributed by atoms with Gasteiger partial charge in [-0.1, -0.05) is 25.0 Å². The van der Waals surface area contributed by atoms with Gasteiger partial charge in [0.15, 0.2) is 0 Å². The Kier molecular flexibility index (Phi) is 8.33. The highest BCUT2D eigenvalue weighted by molar-refractivity contribution is 5.85. The average Bonchev–Trinajstić information content (AvgIpc) is 3.02. The topological polar surface area (TPSA) is 15.3 Å². The largest absolute Gasteiger partial charge is 0.416 e. The minimum absolute atomic E-state index is 0. The van der Waals surface area contributed by atoms with E-state index >= 15 is 0 Å². The molecule has 24 heavy (non-hydrogen) atoms. The van der Waals surface area contributed by atoms with Crippen LogP contribution in [0.4, 0.5) is 13.2 Å². The van der Waals surface area contributed by atoms with Gasteiger partial charge >= 0.3 is 6.18 Å². The van der Waals surface area contributed by atoms with Gasteiger partial charge in [-0.15, -0.1) is 24.8 Å². The van der Waals surface area contributed by atoms with Gasteiger partial charge < -0.3 is 5.32 Å². The molecule has 1 saturated carbocycles. The average molecular weight is 385 g/mol. The summed E-state index contributed by atoms with van der Waals surface area (Å²) in [5.74, 6) is 0.488. The maximum atomic E-state index is 13.0. The molecule has 0 bridgehead atoms. The van der Waals surface area contributed by atoms with Crippen LogP contribution in [0.2, 0.25) is 0 Å². The van der Waals surface area contributed by atoms with Crippen molar-refractivity contribution >= 4 is 24.8 Å². The Morgan fingerprint density at radius 2 is 1.67 bits per heavy atom. The molecule has 3 rings (SSSR count). The number of halogens is 5. The summed E-state index contributed by atoms with van der Waals surface area (Å²) >= 11 is 0. The molecule has 1 aliphatic heterocycles. The quantitative estimate of drug-likeness (QED) is 0.813. The third kappa shape index (κ3) is 5.01. The molecule has 0 spiro atoms. The Labute approximate surface area is 154 Å². The zero-order chi connectivity index (χ0) is 15.6. The minimum atomic E-state index is -4.26. The molecule has 1 heterocycles. The summed E-state index contributed by atoms with van der Waals surface area (Å²) in [4.78, 5) is 2.38. The zero-order valence-electron chi connectivity index (χ0n) is 13.5. The molecule has 0 unspecified atom stereocenters. The number of piperazine rings is 1. The van der Waals surface area contributed by atoms with Crippen LogP contribution in [0.3, 0.4) is 0 Å². The van der Waals surface area contributed by atoms with Gasteiger partial charge in [0.1, 0.15) is 0 Å². The Morgan fingerprint density at radius 1 is 1.04 bits per heavy atom. The van der Waals surface area contributed by atoms with E-state index in [4.69, 9.17) is 0 Å². The number of rotatable bonds is 3. The van der Waals surface area contributed by atoms with E-state index in [0.29, 0.717) is 5.92 Å². The fourth-order valence-electron chi connectivity index (χ4n) is 3.91. The summed E-state index contributed by atoms with van der Waals surface area (Å²) in [6.07, 6.45) is 0.397. The van der Waals surface area contributed by atoms with E-state index < -0.39 is 11.7 Å². The van der Waals surface area contributed by atoms with E-state index in [1.807, 2.05) is 6.07 Å². The van der Waals surface area contributed by atoms with Crippen molar-refractivity contribution in [1.82, 2.24) is 10.2 Å². The van der Waals surface area contributed by atoms with Crippen molar-refractivity contribution in [3.63, 3.8) is 0 Å². The van der Waals surface area contributed by atoms with Crippen molar-refractivity contribution in [1.29, 1.82) is 0 Å². The van der Waals surface area contributed by atoms with Crippen LogP contribution in [-0.2, 0) is 6.18 Å². The van der Waals surface area contributed by atoms with Gasteiger partial charge in [0.2, 0.25) is 0 Å². The maximum Gasteiger partial charge on any atom is 0.416 e. The van der Waals surface area contributed by atoms with E-state index in [2.05, 4.69) is 10.2 Å². The van der Waals surface area contributed by atoms with E-state index in [0.717, 1.165) is 44.6 Å². The van der Waals surface area contributed by atoms with Gasteiger partial charge in [0, 0.05) is 32.2 Å². The van der Waals surface area contributed by atoms with Crippen molar-refractivity contribution in [3.8, 4) is 0 Å². The number of nitrogens with zero attached hydrogens (tertiary/aromatic N) is 1. The Hall–Kier alpha value is -0.490. The van der Waals surface area contributed by atoms with Gasteiger partial charge in [-0.2, -0.15) is 13.2 Å². The summed E-state index contributed by atoms with van der Waals surface area (Å²) in [5, 5.41) is 3.33. The molecule has 2 nitrogen and oxygen atoms in total. The highest BCUT2D eigenvalue weighted by Gasteiger charge is 2.35. The smallest absolute Gasteiger partial charge is 0.314 e. The predicted molar refractivity (Wildman–Crippen MR) is 95.1 cm³/mol. The van der Waals surface area contributed by atoms with Gasteiger partial charge in [-0.3, -0.25) is 4.90 Å². The molecular weight excluding hydrogens is 360 g/mol. The van der Waals surface area contributed by atoms with Crippen molar-refractivity contribution in [3.05, 3.63) is 35.4 Å². The molecule has 0 amide bonds. The lowest BCUT2D eigenvalue weighted by molar-refractivity contribution is -0.137. The molecule has 2 fully saturated rings. The lowest BCUT2D eigenvalue weighted by Crippen LogP contribution is -2.46. The fourth-order valence-corrected chi connectivity index (χ4v) is 3.91. The first kappa shape index (κ1) is 21.6. The molecule has 0 aromatic heterocycles.